The van der Waals surface area contributed by atoms with Gasteiger partial charge in [0, 0.05) is 19.8 Å². The molecule has 0 unspecified atom stereocenters. The molecule has 0 radical (unpaired) electrons. The molecule has 0 saturated heterocycles. The summed E-state index contributed by atoms with van der Waals surface area (Å²) in [7, 11) is 0. The third-order valence-corrected chi connectivity index (χ3v) is 4.94. The van der Waals surface area contributed by atoms with Gasteiger partial charge in [0.25, 0.3) is 0 Å². The van der Waals surface area contributed by atoms with Crippen LogP contribution in [0.1, 0.15) is 11.4 Å². The van der Waals surface area contributed by atoms with E-state index >= 15 is 0 Å². The molecule has 1 heterocycles. The van der Waals surface area contributed by atoms with Crippen molar-refractivity contribution in [2.75, 3.05) is 0 Å². The zero-order chi connectivity index (χ0) is 14.8. The van der Waals surface area contributed by atoms with Crippen LogP contribution in [0, 0.1) is 0 Å². The number of nitrogens with zero attached hydrogens (tertiary/aromatic N) is 1. The van der Waals surface area contributed by atoms with E-state index in [0.717, 1.165) is 36.9 Å². The zero-order valence-electron chi connectivity index (χ0n) is 10.9. The minimum Gasteiger partial charge on any atom is -0.342 e. The van der Waals surface area contributed by atoms with Gasteiger partial charge in [0.15, 0.2) is 0 Å². The third-order valence-electron chi connectivity index (χ3n) is 3.15. The molecule has 1 aromatic heterocycles. The summed E-state index contributed by atoms with van der Waals surface area (Å²) in [6.45, 7) is 0. The van der Waals surface area contributed by atoms with Gasteiger partial charge in [0.2, 0.25) is 0 Å². The van der Waals surface area contributed by atoms with Gasteiger partial charge in [0.1, 0.15) is 5.82 Å². The van der Waals surface area contributed by atoms with E-state index < -0.39 is 0 Å². The van der Waals surface area contributed by atoms with Crippen LogP contribution in [0.25, 0.3) is 11.3 Å². The highest BCUT2D eigenvalue weighted by Crippen LogP contribution is 2.25. The molecule has 0 fully saturated rings. The first-order valence-corrected chi connectivity index (χ1v) is 8.73. The van der Waals surface area contributed by atoms with Crippen LogP contribution in [0.5, 0.6) is 0 Å². The van der Waals surface area contributed by atoms with Crippen molar-refractivity contribution in [2.24, 2.45) is 0 Å². The third kappa shape index (κ3) is 3.65. The normalized spacial score (nSPS) is 10.8. The molecule has 21 heavy (non-hydrogen) atoms. The maximum Gasteiger partial charge on any atom is 0.110 e. The van der Waals surface area contributed by atoms with Gasteiger partial charge < -0.3 is 4.98 Å². The minimum absolute atomic E-state index is 0.760. The number of hydrogen-bond donors (Lipinski definition) is 1. The molecule has 2 aromatic carbocycles. The lowest BCUT2D eigenvalue weighted by Crippen LogP contribution is -1.92. The van der Waals surface area contributed by atoms with E-state index in [1.165, 1.54) is 5.56 Å². The second-order valence-electron chi connectivity index (χ2n) is 4.66. The molecule has 0 aliphatic carbocycles. The number of aromatic nitrogens is 2. The Morgan fingerprint density at radius 2 is 1.62 bits per heavy atom. The minimum atomic E-state index is 0.760. The molecule has 0 bridgehead atoms. The molecular weight excluding hydrogens is 460 g/mol. The zero-order valence-corrected chi connectivity index (χ0v) is 15.7. The van der Waals surface area contributed by atoms with Crippen LogP contribution >= 0.6 is 47.8 Å². The van der Waals surface area contributed by atoms with Crippen LogP contribution in [0.2, 0.25) is 0 Å². The van der Waals surface area contributed by atoms with E-state index in [1.807, 2.05) is 30.5 Å². The first-order valence-electron chi connectivity index (χ1n) is 6.35. The van der Waals surface area contributed by atoms with Gasteiger partial charge in [-0.25, -0.2) is 4.98 Å². The lowest BCUT2D eigenvalue weighted by Gasteiger charge is -2.03. The number of hydrogen-bond acceptors (Lipinski definition) is 1. The molecular formula is C16H11Br3N2. The van der Waals surface area contributed by atoms with Crippen molar-refractivity contribution in [2.45, 2.75) is 6.42 Å². The highest BCUT2D eigenvalue weighted by atomic mass is 79.9. The van der Waals surface area contributed by atoms with Crippen molar-refractivity contribution in [3.05, 3.63) is 73.5 Å². The van der Waals surface area contributed by atoms with Crippen LogP contribution < -0.4 is 0 Å². The summed E-state index contributed by atoms with van der Waals surface area (Å²) < 4.78 is 3.23. The molecule has 3 aromatic rings. The molecule has 2 nitrogen and oxygen atoms in total. The first kappa shape index (κ1) is 15.0. The Balaban J connectivity index is 1.85. The number of rotatable bonds is 3. The highest BCUT2D eigenvalue weighted by Gasteiger charge is 2.07. The van der Waals surface area contributed by atoms with E-state index in [0.29, 0.717) is 0 Å². The van der Waals surface area contributed by atoms with Gasteiger partial charge in [0.05, 0.1) is 11.9 Å². The Morgan fingerprint density at radius 3 is 2.38 bits per heavy atom. The van der Waals surface area contributed by atoms with Gasteiger partial charge in [-0.05, 0) is 41.5 Å². The average molecular weight is 471 g/mol. The molecule has 3 rings (SSSR count). The predicted molar refractivity (Wildman–Crippen MR) is 96.4 cm³/mol. The van der Waals surface area contributed by atoms with Crippen LogP contribution in [0.4, 0.5) is 0 Å². The largest absolute Gasteiger partial charge is 0.342 e. The average Bonchev–Trinajstić information content (AvgIpc) is 2.92. The van der Waals surface area contributed by atoms with Crippen molar-refractivity contribution < 1.29 is 0 Å². The van der Waals surface area contributed by atoms with E-state index in [2.05, 4.69) is 76.0 Å². The van der Waals surface area contributed by atoms with Crippen LogP contribution in [-0.4, -0.2) is 9.97 Å². The van der Waals surface area contributed by atoms with Gasteiger partial charge >= 0.3 is 0 Å². The van der Waals surface area contributed by atoms with Gasteiger partial charge in [-0.2, -0.15) is 0 Å². The second-order valence-corrected chi connectivity index (χ2v) is 7.35. The monoisotopic (exact) mass is 468 g/mol. The van der Waals surface area contributed by atoms with Crippen molar-refractivity contribution >= 4 is 47.8 Å². The number of imidazole rings is 1. The van der Waals surface area contributed by atoms with Gasteiger partial charge in [-0.1, -0.05) is 59.9 Å². The Bertz CT molecular complexity index is 763. The summed E-state index contributed by atoms with van der Waals surface area (Å²) in [4.78, 5) is 7.86. The SMILES string of the molecule is Brc1ccc(-c2cnc(Cc3cc(Br)ccc3Br)[nH]2)cc1. The Kier molecular flexibility index (Phi) is 4.62. The molecule has 0 atom stereocenters. The Hall–Kier alpha value is -0.910. The maximum absolute atomic E-state index is 4.48. The molecule has 106 valence electrons. The fourth-order valence-electron chi connectivity index (χ4n) is 2.09. The number of nitrogens with one attached hydrogen (secondary N) is 1. The number of aromatic amines is 1. The van der Waals surface area contributed by atoms with Crippen molar-refractivity contribution in [1.82, 2.24) is 9.97 Å². The topological polar surface area (TPSA) is 28.7 Å². The quantitative estimate of drug-likeness (QED) is 0.503. The summed E-state index contributed by atoms with van der Waals surface area (Å²) in [6.07, 6.45) is 2.64. The lowest BCUT2D eigenvalue weighted by atomic mass is 10.1. The summed E-state index contributed by atoms with van der Waals surface area (Å²) in [5, 5.41) is 0. The molecule has 0 amide bonds. The number of benzene rings is 2. The van der Waals surface area contributed by atoms with Crippen LogP contribution in [-0.2, 0) is 6.42 Å². The highest BCUT2D eigenvalue weighted by molar-refractivity contribution is 9.11. The van der Waals surface area contributed by atoms with Crippen LogP contribution in [0.15, 0.2) is 62.1 Å². The molecule has 1 N–H and O–H groups in total. The number of H-pyrrole nitrogens is 1. The summed E-state index contributed by atoms with van der Waals surface area (Å²) in [6, 6.07) is 14.3. The fourth-order valence-corrected chi connectivity index (χ4v) is 3.15. The van der Waals surface area contributed by atoms with E-state index in [4.69, 9.17) is 0 Å². The first-order chi connectivity index (χ1) is 10.1. The number of halogens is 3. The molecule has 0 spiro atoms. The van der Waals surface area contributed by atoms with E-state index in [9.17, 15) is 0 Å². The summed E-state index contributed by atoms with van der Waals surface area (Å²) in [5.74, 6) is 0.951. The van der Waals surface area contributed by atoms with Crippen molar-refractivity contribution in [1.29, 1.82) is 0 Å². The predicted octanol–water partition coefficient (Wildman–Crippen LogP) is 5.96. The summed E-state index contributed by atoms with van der Waals surface area (Å²) >= 11 is 10.5. The Labute approximate surface area is 148 Å². The van der Waals surface area contributed by atoms with E-state index in [-0.39, 0.29) is 0 Å². The molecule has 0 aliphatic rings. The van der Waals surface area contributed by atoms with E-state index in [1.54, 1.807) is 0 Å². The van der Waals surface area contributed by atoms with Gasteiger partial charge in [-0.15, -0.1) is 0 Å². The van der Waals surface area contributed by atoms with Gasteiger partial charge in [-0.3, -0.25) is 0 Å². The Morgan fingerprint density at radius 1 is 0.905 bits per heavy atom. The maximum atomic E-state index is 4.48. The molecule has 5 heteroatoms. The van der Waals surface area contributed by atoms with Crippen molar-refractivity contribution in [3.63, 3.8) is 0 Å². The second kappa shape index (κ2) is 6.46. The lowest BCUT2D eigenvalue weighted by molar-refractivity contribution is 1.02. The summed E-state index contributed by atoms with van der Waals surface area (Å²) in [5.41, 5.74) is 3.36. The van der Waals surface area contributed by atoms with Crippen molar-refractivity contribution in [3.8, 4) is 11.3 Å². The molecule has 0 aliphatic heterocycles. The van der Waals surface area contributed by atoms with Crippen LogP contribution in [0.3, 0.4) is 0 Å². The smallest absolute Gasteiger partial charge is 0.110 e. The fraction of sp³-hybridized carbons (Fsp3) is 0.0625. The molecule has 0 saturated carbocycles. The standard InChI is InChI=1S/C16H11Br3N2/c17-12-3-1-10(2-4-12)15-9-20-16(21-15)8-11-7-13(18)5-6-14(11)19/h1-7,9H,8H2,(H,20,21).